The van der Waals surface area contributed by atoms with Crippen molar-refractivity contribution in [3.8, 4) is 0 Å². The molecular weight excluding hydrogens is 100 g/mol. The van der Waals surface area contributed by atoms with E-state index in [0.717, 1.165) is 5.92 Å². The fourth-order valence-electron chi connectivity index (χ4n) is 1.43. The number of hydrogen-bond acceptors (Lipinski definition) is 1. The zero-order valence-electron chi connectivity index (χ0n) is 5.05. The number of hydrogen-bond donors (Lipinski definition) is 0. The van der Waals surface area contributed by atoms with Crippen molar-refractivity contribution in [3.63, 3.8) is 0 Å². The molecule has 1 heteroatoms. The third-order valence-electron chi connectivity index (χ3n) is 2.17. The second kappa shape index (κ2) is 1.16. The summed E-state index contributed by atoms with van der Waals surface area (Å²) >= 11 is 0. The first kappa shape index (κ1) is 4.57. The molecule has 1 nitrogen and oxygen atoms in total. The van der Waals surface area contributed by atoms with Crippen LogP contribution >= 0.6 is 0 Å². The molecule has 0 aromatic rings. The zero-order chi connectivity index (χ0) is 5.72. The molecule has 0 N–H and O–H groups in total. The minimum absolute atomic E-state index is 0.463. The van der Waals surface area contributed by atoms with E-state index in [0.29, 0.717) is 12.2 Å². The molecular formula is C7H10O. The summed E-state index contributed by atoms with van der Waals surface area (Å²) < 4.78 is 5.24. The highest BCUT2D eigenvalue weighted by atomic mass is 16.6. The second-order valence-corrected chi connectivity index (χ2v) is 2.81. The number of ether oxygens (including phenoxy) is 1. The Bertz CT molecular complexity index is 135. The van der Waals surface area contributed by atoms with Gasteiger partial charge in [-0.05, 0) is 17.9 Å². The van der Waals surface area contributed by atoms with Gasteiger partial charge in [-0.2, -0.15) is 0 Å². The van der Waals surface area contributed by atoms with Crippen molar-refractivity contribution in [2.75, 3.05) is 0 Å². The molecule has 1 aliphatic carbocycles. The molecule has 1 heterocycles. The molecule has 1 saturated heterocycles. The van der Waals surface area contributed by atoms with Gasteiger partial charge < -0.3 is 4.74 Å². The lowest BCUT2D eigenvalue weighted by Crippen LogP contribution is -1.95. The minimum atomic E-state index is 0.463. The molecule has 0 amide bonds. The molecule has 1 saturated carbocycles. The molecule has 0 aromatic heterocycles. The average molecular weight is 110 g/mol. The quantitative estimate of drug-likeness (QED) is 0.339. The minimum Gasteiger partial charge on any atom is -0.365 e. The van der Waals surface area contributed by atoms with Crippen LogP contribution < -0.4 is 0 Å². The van der Waals surface area contributed by atoms with Gasteiger partial charge >= 0.3 is 0 Å². The lowest BCUT2D eigenvalue weighted by Gasteiger charge is -2.03. The molecule has 3 atom stereocenters. The summed E-state index contributed by atoms with van der Waals surface area (Å²) in [7, 11) is 0. The van der Waals surface area contributed by atoms with Crippen LogP contribution in [0.25, 0.3) is 0 Å². The van der Waals surface area contributed by atoms with Gasteiger partial charge in [0.05, 0.1) is 6.10 Å². The molecule has 2 aliphatic rings. The molecule has 44 valence electrons. The van der Waals surface area contributed by atoms with Crippen LogP contribution in [0, 0.1) is 5.92 Å². The Balaban J connectivity index is 2.19. The molecule has 0 aromatic carbocycles. The van der Waals surface area contributed by atoms with Crippen molar-refractivity contribution < 1.29 is 4.74 Å². The predicted molar refractivity (Wildman–Crippen MR) is 31.6 cm³/mol. The van der Waals surface area contributed by atoms with Gasteiger partial charge in [-0.15, -0.1) is 0 Å². The van der Waals surface area contributed by atoms with E-state index in [2.05, 4.69) is 13.5 Å². The molecule has 2 rings (SSSR count). The molecule has 0 radical (unpaired) electrons. The molecule has 0 spiro atoms. The average Bonchev–Trinajstić information content (AvgIpc) is 2.39. The Labute approximate surface area is 49.3 Å². The van der Waals surface area contributed by atoms with E-state index < -0.39 is 0 Å². The van der Waals surface area contributed by atoms with Crippen LogP contribution in [0.5, 0.6) is 0 Å². The molecule has 0 bridgehead atoms. The van der Waals surface area contributed by atoms with Gasteiger partial charge in [0.15, 0.2) is 0 Å². The van der Waals surface area contributed by atoms with E-state index in [1.54, 1.807) is 0 Å². The Hall–Kier alpha value is -0.300. The van der Waals surface area contributed by atoms with Crippen LogP contribution in [0.1, 0.15) is 13.3 Å². The van der Waals surface area contributed by atoms with Gasteiger partial charge in [0.1, 0.15) is 6.10 Å². The maximum Gasteiger partial charge on any atom is 0.105 e. The Morgan fingerprint density at radius 3 is 2.75 bits per heavy atom. The van der Waals surface area contributed by atoms with Crippen molar-refractivity contribution in [2.24, 2.45) is 5.92 Å². The summed E-state index contributed by atoms with van der Waals surface area (Å²) in [4.78, 5) is 0. The van der Waals surface area contributed by atoms with Crippen LogP contribution in [0.2, 0.25) is 0 Å². The molecule has 0 unspecified atom stereocenters. The number of rotatable bonds is 0. The van der Waals surface area contributed by atoms with Crippen molar-refractivity contribution in [1.29, 1.82) is 0 Å². The summed E-state index contributed by atoms with van der Waals surface area (Å²) in [6, 6.07) is 0. The van der Waals surface area contributed by atoms with E-state index in [9.17, 15) is 0 Å². The zero-order valence-corrected chi connectivity index (χ0v) is 5.05. The van der Waals surface area contributed by atoms with Gasteiger partial charge in [0, 0.05) is 0 Å². The van der Waals surface area contributed by atoms with E-state index in [1.807, 2.05) is 0 Å². The van der Waals surface area contributed by atoms with Gasteiger partial charge in [0.2, 0.25) is 0 Å². The van der Waals surface area contributed by atoms with Crippen molar-refractivity contribution >= 4 is 0 Å². The van der Waals surface area contributed by atoms with Gasteiger partial charge in [-0.25, -0.2) is 0 Å². The van der Waals surface area contributed by atoms with Gasteiger partial charge in [-0.1, -0.05) is 13.5 Å². The Morgan fingerprint density at radius 2 is 2.50 bits per heavy atom. The van der Waals surface area contributed by atoms with E-state index in [1.165, 1.54) is 12.0 Å². The van der Waals surface area contributed by atoms with Crippen LogP contribution in [0.4, 0.5) is 0 Å². The molecule has 2 fully saturated rings. The molecule has 8 heavy (non-hydrogen) atoms. The van der Waals surface area contributed by atoms with Crippen molar-refractivity contribution in [3.05, 3.63) is 12.2 Å². The normalized spacial score (nSPS) is 51.6. The van der Waals surface area contributed by atoms with Crippen LogP contribution in [0.3, 0.4) is 0 Å². The first-order chi connectivity index (χ1) is 3.79. The summed E-state index contributed by atoms with van der Waals surface area (Å²) in [5, 5.41) is 0. The topological polar surface area (TPSA) is 12.5 Å². The fourth-order valence-corrected chi connectivity index (χ4v) is 1.43. The summed E-state index contributed by atoms with van der Waals surface area (Å²) in [6.07, 6.45) is 2.24. The fraction of sp³-hybridized carbons (Fsp3) is 0.714. The third kappa shape index (κ3) is 0.402. The second-order valence-electron chi connectivity index (χ2n) is 2.81. The van der Waals surface area contributed by atoms with Crippen LogP contribution in [-0.2, 0) is 4.74 Å². The first-order valence-electron chi connectivity index (χ1n) is 3.13. The largest absolute Gasteiger partial charge is 0.365 e. The lowest BCUT2D eigenvalue weighted by atomic mass is 10.1. The summed E-state index contributed by atoms with van der Waals surface area (Å²) in [5.41, 5.74) is 1.31. The van der Waals surface area contributed by atoms with E-state index >= 15 is 0 Å². The maximum absolute atomic E-state index is 5.24. The van der Waals surface area contributed by atoms with Crippen molar-refractivity contribution in [2.45, 2.75) is 25.6 Å². The third-order valence-corrected chi connectivity index (χ3v) is 2.17. The Kier molecular flexibility index (Phi) is 0.662. The van der Waals surface area contributed by atoms with Crippen LogP contribution in [-0.4, -0.2) is 12.2 Å². The van der Waals surface area contributed by atoms with Crippen LogP contribution in [0.15, 0.2) is 12.2 Å². The standard InChI is InChI=1S/C7H10O/c1-4-3-6-7(8-6)5(4)2/h4,6-7H,2-3H2,1H3/t4-,6+,7-/m1/s1. The first-order valence-corrected chi connectivity index (χ1v) is 3.13. The number of epoxide rings is 1. The smallest absolute Gasteiger partial charge is 0.105 e. The highest BCUT2D eigenvalue weighted by molar-refractivity contribution is 5.22. The van der Waals surface area contributed by atoms with Crippen molar-refractivity contribution in [1.82, 2.24) is 0 Å². The number of fused-ring (bicyclic) bond motifs is 1. The predicted octanol–water partition coefficient (Wildman–Crippen LogP) is 1.35. The summed E-state index contributed by atoms with van der Waals surface area (Å²) in [6.45, 7) is 6.15. The lowest BCUT2D eigenvalue weighted by molar-refractivity contribution is 0.326. The van der Waals surface area contributed by atoms with E-state index in [-0.39, 0.29) is 0 Å². The van der Waals surface area contributed by atoms with Gasteiger partial charge in [0.25, 0.3) is 0 Å². The maximum atomic E-state index is 5.24. The summed E-state index contributed by atoms with van der Waals surface area (Å²) in [5.74, 6) is 0.721. The van der Waals surface area contributed by atoms with Gasteiger partial charge in [-0.3, -0.25) is 0 Å². The Morgan fingerprint density at radius 1 is 1.75 bits per heavy atom. The molecule has 1 aliphatic heterocycles. The highest BCUT2D eigenvalue weighted by Crippen LogP contribution is 2.44. The highest BCUT2D eigenvalue weighted by Gasteiger charge is 2.49. The van der Waals surface area contributed by atoms with E-state index in [4.69, 9.17) is 4.74 Å². The SMILES string of the molecule is C=C1[C@H](C)C[C@@H]2O[C@H]12. The monoisotopic (exact) mass is 110 g/mol.